The van der Waals surface area contributed by atoms with Crippen LogP contribution in [-0.2, 0) is 6.42 Å². The van der Waals surface area contributed by atoms with Gasteiger partial charge in [-0.1, -0.05) is 19.1 Å². The first kappa shape index (κ1) is 12.3. The Morgan fingerprint density at radius 2 is 2.13 bits per heavy atom. The molecule has 0 spiro atoms. The highest BCUT2D eigenvalue weighted by atomic mass is 32.1. The van der Waals surface area contributed by atoms with E-state index in [0.717, 1.165) is 6.42 Å². The topological polar surface area (TPSA) is 0 Å². The maximum atomic E-state index is 3.92. The van der Waals surface area contributed by atoms with Gasteiger partial charge in [0.1, 0.15) is 0 Å². The van der Waals surface area contributed by atoms with Crippen molar-refractivity contribution in [1.29, 1.82) is 0 Å². The average Bonchev–Trinajstić information content (AvgIpc) is 2.76. The zero-order valence-corrected chi connectivity index (χ0v) is 10.3. The van der Waals surface area contributed by atoms with Gasteiger partial charge in [-0.25, -0.2) is 0 Å². The Balaban J connectivity index is 2.36. The molecule has 0 bridgehead atoms. The molecule has 1 heterocycles. The van der Waals surface area contributed by atoms with Gasteiger partial charge in [0.2, 0.25) is 0 Å². The van der Waals surface area contributed by atoms with Crippen molar-refractivity contribution in [1.82, 2.24) is 0 Å². The molecule has 2 unspecified atom stereocenters. The second-order valence-corrected chi connectivity index (χ2v) is 4.90. The second kappa shape index (κ2) is 6.62. The molecule has 15 heavy (non-hydrogen) atoms. The maximum Gasteiger partial charge on any atom is -0.00610 e. The lowest BCUT2D eigenvalue weighted by atomic mass is 9.92. The molecule has 0 N–H and O–H groups in total. The summed E-state index contributed by atoms with van der Waals surface area (Å²) < 4.78 is 0. The summed E-state index contributed by atoms with van der Waals surface area (Å²) in [6.45, 7) is 9.96. The zero-order chi connectivity index (χ0) is 11.1. The summed E-state index contributed by atoms with van der Waals surface area (Å²) in [5, 5.41) is 4.37. The zero-order valence-electron chi connectivity index (χ0n) is 9.49. The van der Waals surface area contributed by atoms with Gasteiger partial charge in [-0.2, -0.15) is 11.3 Å². The molecule has 1 aromatic rings. The number of hydrogen-bond acceptors (Lipinski definition) is 1. The monoisotopic (exact) mass is 220 g/mol. The van der Waals surface area contributed by atoms with Crippen molar-refractivity contribution in [2.75, 3.05) is 0 Å². The quantitative estimate of drug-likeness (QED) is 0.584. The van der Waals surface area contributed by atoms with Crippen LogP contribution in [0, 0.1) is 11.8 Å². The Labute approximate surface area is 97.3 Å². The number of allylic oxidation sites excluding steroid dienone is 2. The van der Waals surface area contributed by atoms with Crippen LogP contribution >= 0.6 is 11.3 Å². The summed E-state index contributed by atoms with van der Waals surface area (Å²) in [5.74, 6) is 1.23. The number of hydrogen-bond donors (Lipinski definition) is 0. The van der Waals surface area contributed by atoms with E-state index in [4.69, 9.17) is 0 Å². The minimum atomic E-state index is 0.613. The second-order valence-electron chi connectivity index (χ2n) is 4.12. The summed E-state index contributed by atoms with van der Waals surface area (Å²) in [4.78, 5) is 0. The molecule has 0 aliphatic carbocycles. The van der Waals surface area contributed by atoms with Gasteiger partial charge in [0.25, 0.3) is 0 Å². The standard InChI is InChI=1S/C14H20S/c1-4-12(3)6-7-13(5-2)10-14-8-9-15-11-14/h4-5,8-9,11-13H,1-2,6-7,10H2,3H3. The Morgan fingerprint density at radius 3 is 2.67 bits per heavy atom. The lowest BCUT2D eigenvalue weighted by molar-refractivity contribution is 0.507. The molecular formula is C14H20S. The average molecular weight is 220 g/mol. The third-order valence-corrected chi connectivity index (χ3v) is 3.54. The van der Waals surface area contributed by atoms with E-state index in [1.54, 1.807) is 11.3 Å². The van der Waals surface area contributed by atoms with Crippen LogP contribution in [0.2, 0.25) is 0 Å². The van der Waals surface area contributed by atoms with E-state index >= 15 is 0 Å². The molecule has 0 fully saturated rings. The predicted octanol–water partition coefficient (Wildman–Crippen LogP) is 4.70. The van der Waals surface area contributed by atoms with Crippen molar-refractivity contribution in [3.63, 3.8) is 0 Å². The highest BCUT2D eigenvalue weighted by Gasteiger charge is 2.07. The molecule has 0 aliphatic heterocycles. The fraction of sp³-hybridized carbons (Fsp3) is 0.429. The Kier molecular flexibility index (Phi) is 5.41. The summed E-state index contributed by atoms with van der Waals surface area (Å²) in [7, 11) is 0. The van der Waals surface area contributed by atoms with Crippen LogP contribution in [-0.4, -0.2) is 0 Å². The summed E-state index contributed by atoms with van der Waals surface area (Å²) in [6, 6.07) is 2.21. The molecule has 1 heteroatoms. The van der Waals surface area contributed by atoms with Crippen LogP contribution in [0.4, 0.5) is 0 Å². The first-order valence-corrected chi connectivity index (χ1v) is 6.46. The third-order valence-electron chi connectivity index (χ3n) is 2.81. The van der Waals surface area contributed by atoms with Crippen LogP contribution in [0.3, 0.4) is 0 Å². The minimum absolute atomic E-state index is 0.613. The van der Waals surface area contributed by atoms with E-state index < -0.39 is 0 Å². The van der Waals surface area contributed by atoms with Crippen LogP contribution < -0.4 is 0 Å². The first-order chi connectivity index (χ1) is 7.26. The SMILES string of the molecule is C=CC(C)CCC(C=C)Cc1ccsc1. The van der Waals surface area contributed by atoms with Gasteiger partial charge >= 0.3 is 0 Å². The van der Waals surface area contributed by atoms with Crippen molar-refractivity contribution >= 4 is 11.3 Å². The molecule has 0 amide bonds. The van der Waals surface area contributed by atoms with Gasteiger partial charge in [-0.3, -0.25) is 0 Å². The molecule has 0 nitrogen and oxygen atoms in total. The van der Waals surface area contributed by atoms with E-state index in [9.17, 15) is 0 Å². The van der Waals surface area contributed by atoms with Crippen molar-refractivity contribution in [3.8, 4) is 0 Å². The third kappa shape index (κ3) is 4.48. The van der Waals surface area contributed by atoms with Crippen molar-refractivity contribution < 1.29 is 0 Å². The van der Waals surface area contributed by atoms with Crippen molar-refractivity contribution in [2.24, 2.45) is 11.8 Å². The molecule has 0 saturated carbocycles. The molecule has 82 valence electrons. The molecule has 0 saturated heterocycles. The highest BCUT2D eigenvalue weighted by Crippen LogP contribution is 2.20. The summed E-state index contributed by atoms with van der Waals surface area (Å²) in [6.07, 6.45) is 7.69. The fourth-order valence-corrected chi connectivity index (χ4v) is 2.29. The fourth-order valence-electron chi connectivity index (χ4n) is 1.61. The molecular weight excluding hydrogens is 200 g/mol. The molecule has 0 aromatic carbocycles. The molecule has 1 rings (SSSR count). The van der Waals surface area contributed by atoms with Gasteiger partial charge in [-0.15, -0.1) is 13.2 Å². The highest BCUT2D eigenvalue weighted by molar-refractivity contribution is 7.07. The normalized spacial score (nSPS) is 14.5. The Morgan fingerprint density at radius 1 is 1.33 bits per heavy atom. The minimum Gasteiger partial charge on any atom is -0.152 e. The van der Waals surface area contributed by atoms with E-state index in [2.05, 4.69) is 43.0 Å². The summed E-state index contributed by atoms with van der Waals surface area (Å²) in [5.41, 5.74) is 1.44. The molecule has 2 atom stereocenters. The smallest absolute Gasteiger partial charge is 0.00610 e. The van der Waals surface area contributed by atoms with Crippen LogP contribution in [0.15, 0.2) is 42.1 Å². The van der Waals surface area contributed by atoms with E-state index in [0.29, 0.717) is 11.8 Å². The molecule has 0 radical (unpaired) electrons. The van der Waals surface area contributed by atoms with E-state index in [1.165, 1.54) is 18.4 Å². The van der Waals surface area contributed by atoms with Crippen LogP contribution in [0.5, 0.6) is 0 Å². The van der Waals surface area contributed by atoms with Crippen molar-refractivity contribution in [3.05, 3.63) is 47.7 Å². The number of thiophene rings is 1. The summed E-state index contributed by atoms with van der Waals surface area (Å²) >= 11 is 1.77. The van der Waals surface area contributed by atoms with Gasteiger partial charge in [0, 0.05) is 0 Å². The number of rotatable bonds is 7. The van der Waals surface area contributed by atoms with Crippen LogP contribution in [0.25, 0.3) is 0 Å². The first-order valence-electron chi connectivity index (χ1n) is 5.52. The lowest BCUT2D eigenvalue weighted by Gasteiger charge is -2.13. The van der Waals surface area contributed by atoms with Gasteiger partial charge < -0.3 is 0 Å². The van der Waals surface area contributed by atoms with E-state index in [-0.39, 0.29) is 0 Å². The maximum absolute atomic E-state index is 3.92. The largest absolute Gasteiger partial charge is 0.152 e. The Bertz CT molecular complexity index is 284. The predicted molar refractivity (Wildman–Crippen MR) is 70.3 cm³/mol. The van der Waals surface area contributed by atoms with E-state index in [1.807, 2.05) is 6.08 Å². The van der Waals surface area contributed by atoms with Gasteiger partial charge in [0.05, 0.1) is 0 Å². The lowest BCUT2D eigenvalue weighted by Crippen LogP contribution is -2.02. The Hall–Kier alpha value is -0.820. The molecule has 0 aliphatic rings. The van der Waals surface area contributed by atoms with Gasteiger partial charge in [-0.05, 0) is 53.5 Å². The van der Waals surface area contributed by atoms with Gasteiger partial charge in [0.15, 0.2) is 0 Å². The van der Waals surface area contributed by atoms with Crippen molar-refractivity contribution in [2.45, 2.75) is 26.2 Å². The molecule has 1 aromatic heterocycles. The van der Waals surface area contributed by atoms with Crippen LogP contribution in [0.1, 0.15) is 25.3 Å².